The number of anilines is 1. The van der Waals surface area contributed by atoms with Crippen molar-refractivity contribution in [2.45, 2.75) is 66.5 Å². The third kappa shape index (κ3) is 7.02. The summed E-state index contributed by atoms with van der Waals surface area (Å²) in [6.07, 6.45) is 2.89. The van der Waals surface area contributed by atoms with Crippen molar-refractivity contribution in [2.75, 3.05) is 18.1 Å². The molecule has 3 aromatic carbocycles. The largest absolute Gasteiger partial charge is 0.494 e. The van der Waals surface area contributed by atoms with Gasteiger partial charge in [-0.1, -0.05) is 59.6 Å². The Morgan fingerprint density at radius 3 is 2.45 bits per heavy atom. The number of hydrogen-bond donors (Lipinski definition) is 1. The molecule has 0 unspecified atom stereocenters. The molecule has 2 aliphatic rings. The van der Waals surface area contributed by atoms with Gasteiger partial charge in [0.15, 0.2) is 0 Å². The van der Waals surface area contributed by atoms with E-state index in [1.54, 1.807) is 0 Å². The number of nitrogens with one attached hydrogen (secondary N) is 1. The molecular formula is C42H43Cl2N5O2. The zero-order valence-corrected chi connectivity index (χ0v) is 31.4. The van der Waals surface area contributed by atoms with Gasteiger partial charge in [0, 0.05) is 59.0 Å². The molecule has 5 aromatic rings. The number of pyridine rings is 1. The van der Waals surface area contributed by atoms with Crippen LogP contribution in [0.2, 0.25) is 10.0 Å². The molecule has 1 aliphatic carbocycles. The Kier molecular flexibility index (Phi) is 9.95. The van der Waals surface area contributed by atoms with Crippen molar-refractivity contribution in [1.29, 1.82) is 0 Å². The third-order valence-electron chi connectivity index (χ3n) is 10.3. The first-order chi connectivity index (χ1) is 24.6. The highest BCUT2D eigenvalue weighted by Crippen LogP contribution is 2.45. The Hall–Kier alpha value is -4.59. The van der Waals surface area contributed by atoms with Crippen molar-refractivity contribution >= 4 is 40.5 Å². The SMILES string of the molecule is Cc1cc(OCCCC2=C(C(=O)NCc3cccc(N4CCc5ccccc5C4)n3)Cc3c2ccc(Cl)c3-c2c(C)nn(C)c2C)cc(C)c1Cl. The molecule has 7 nitrogen and oxygen atoms in total. The summed E-state index contributed by atoms with van der Waals surface area (Å²) in [6, 6.07) is 22.6. The van der Waals surface area contributed by atoms with Crippen LogP contribution in [-0.2, 0) is 37.8 Å². The van der Waals surface area contributed by atoms with E-state index in [0.29, 0.717) is 31.0 Å². The van der Waals surface area contributed by atoms with Crippen LogP contribution in [0.5, 0.6) is 5.75 Å². The molecule has 0 saturated heterocycles. The number of carbonyl (C=O) groups excluding carboxylic acids is 1. The van der Waals surface area contributed by atoms with Crippen molar-refractivity contribution in [3.8, 4) is 16.9 Å². The zero-order valence-electron chi connectivity index (χ0n) is 29.9. The van der Waals surface area contributed by atoms with Gasteiger partial charge in [-0.05, 0) is 116 Å². The molecule has 0 spiro atoms. The first-order valence-corrected chi connectivity index (χ1v) is 18.3. The average molecular weight is 721 g/mol. The lowest BCUT2D eigenvalue weighted by Gasteiger charge is -2.30. The summed E-state index contributed by atoms with van der Waals surface area (Å²) in [5.74, 6) is 1.64. The molecule has 2 aromatic heterocycles. The normalized spacial score (nSPS) is 13.7. The second kappa shape index (κ2) is 14.6. The van der Waals surface area contributed by atoms with Crippen LogP contribution in [-0.4, -0.2) is 33.8 Å². The highest BCUT2D eigenvalue weighted by molar-refractivity contribution is 6.34. The summed E-state index contributed by atoms with van der Waals surface area (Å²) in [6.45, 7) is 10.6. The van der Waals surface area contributed by atoms with Gasteiger partial charge in [-0.15, -0.1) is 0 Å². The standard InChI is InChI=1S/C42H43Cl2N5O2/c1-25-20-32(21-26(2)41(25)44)51-19-9-13-33-34-15-16-37(43)40(39-27(3)47-48(5)28(39)4)35(34)22-36(33)42(50)45-23-31-12-8-14-38(46-31)49-18-17-29-10-6-7-11-30(29)24-49/h6-8,10-12,14-16,20-21H,9,13,17-19,22-24H2,1-5H3,(H,45,50). The molecule has 0 saturated carbocycles. The lowest BCUT2D eigenvalue weighted by molar-refractivity contribution is -0.117. The number of hydrogen-bond acceptors (Lipinski definition) is 5. The maximum absolute atomic E-state index is 14.2. The first kappa shape index (κ1) is 34.8. The van der Waals surface area contributed by atoms with Gasteiger partial charge in [0.05, 0.1) is 24.5 Å². The van der Waals surface area contributed by atoms with Gasteiger partial charge in [0.1, 0.15) is 11.6 Å². The van der Waals surface area contributed by atoms with Crippen molar-refractivity contribution in [3.63, 3.8) is 0 Å². The van der Waals surface area contributed by atoms with Crippen molar-refractivity contribution in [1.82, 2.24) is 20.1 Å². The van der Waals surface area contributed by atoms with E-state index < -0.39 is 0 Å². The molecule has 1 N–H and O–H groups in total. The number of aryl methyl sites for hydroxylation is 4. The number of amides is 1. The van der Waals surface area contributed by atoms with Crippen LogP contribution < -0.4 is 15.0 Å². The molecule has 0 radical (unpaired) electrons. The number of rotatable bonds is 10. The van der Waals surface area contributed by atoms with E-state index in [-0.39, 0.29) is 5.91 Å². The molecule has 0 bridgehead atoms. The number of benzene rings is 3. The number of carbonyl (C=O) groups is 1. The molecule has 3 heterocycles. The van der Waals surface area contributed by atoms with Crippen LogP contribution in [0, 0.1) is 27.7 Å². The highest BCUT2D eigenvalue weighted by atomic mass is 35.5. The van der Waals surface area contributed by atoms with Gasteiger partial charge in [0.25, 0.3) is 0 Å². The lowest BCUT2D eigenvalue weighted by Crippen LogP contribution is -2.31. The fraction of sp³-hybridized carbons (Fsp3) is 0.310. The molecule has 9 heteroatoms. The minimum Gasteiger partial charge on any atom is -0.494 e. The summed E-state index contributed by atoms with van der Waals surface area (Å²) in [4.78, 5) is 21.4. The summed E-state index contributed by atoms with van der Waals surface area (Å²) in [7, 11) is 1.95. The van der Waals surface area contributed by atoms with E-state index in [1.807, 2.05) is 62.8 Å². The monoisotopic (exact) mass is 719 g/mol. The fourth-order valence-electron chi connectivity index (χ4n) is 7.58. The van der Waals surface area contributed by atoms with Gasteiger partial charge in [-0.25, -0.2) is 4.98 Å². The van der Waals surface area contributed by atoms with Crippen LogP contribution in [0.15, 0.2) is 72.3 Å². The van der Waals surface area contributed by atoms with E-state index in [4.69, 9.17) is 32.9 Å². The number of allylic oxidation sites excluding steroid dienone is 1. The number of ether oxygens (including phenoxy) is 1. The van der Waals surface area contributed by atoms with Crippen LogP contribution in [0.1, 0.15) is 63.3 Å². The first-order valence-electron chi connectivity index (χ1n) is 17.6. The number of fused-ring (bicyclic) bond motifs is 2. The van der Waals surface area contributed by atoms with Gasteiger partial charge in [-0.3, -0.25) is 9.48 Å². The van der Waals surface area contributed by atoms with Gasteiger partial charge in [-0.2, -0.15) is 5.10 Å². The van der Waals surface area contributed by atoms with Gasteiger partial charge < -0.3 is 15.0 Å². The minimum absolute atomic E-state index is 0.0909. The molecule has 0 fully saturated rings. The Labute approximate surface area is 310 Å². The molecule has 1 amide bonds. The quantitative estimate of drug-likeness (QED) is 0.146. The van der Waals surface area contributed by atoms with Gasteiger partial charge in [0.2, 0.25) is 5.91 Å². The van der Waals surface area contributed by atoms with E-state index in [2.05, 4.69) is 58.6 Å². The number of aromatic nitrogens is 3. The predicted molar refractivity (Wildman–Crippen MR) is 207 cm³/mol. The van der Waals surface area contributed by atoms with Crippen molar-refractivity contribution < 1.29 is 9.53 Å². The summed E-state index contributed by atoms with van der Waals surface area (Å²) in [5, 5.41) is 9.32. The Morgan fingerprint density at radius 1 is 0.941 bits per heavy atom. The zero-order chi connectivity index (χ0) is 35.8. The van der Waals surface area contributed by atoms with Crippen LogP contribution in [0.4, 0.5) is 5.82 Å². The summed E-state index contributed by atoms with van der Waals surface area (Å²) < 4.78 is 8.06. The van der Waals surface area contributed by atoms with E-state index in [0.717, 1.165) is 104 Å². The van der Waals surface area contributed by atoms with Gasteiger partial charge >= 0.3 is 0 Å². The maximum Gasteiger partial charge on any atom is 0.248 e. The van der Waals surface area contributed by atoms with Crippen LogP contribution in [0.3, 0.4) is 0 Å². The maximum atomic E-state index is 14.2. The van der Waals surface area contributed by atoms with Crippen molar-refractivity contribution in [2.24, 2.45) is 7.05 Å². The molecule has 7 rings (SSSR count). The molecule has 51 heavy (non-hydrogen) atoms. The second-order valence-corrected chi connectivity index (χ2v) is 14.5. The number of nitrogens with zero attached hydrogens (tertiary/aromatic N) is 4. The summed E-state index contributed by atoms with van der Waals surface area (Å²) in [5.41, 5.74) is 13.4. The Bertz CT molecular complexity index is 2160. The average Bonchev–Trinajstić information content (AvgIpc) is 3.62. The predicted octanol–water partition coefficient (Wildman–Crippen LogP) is 9.07. The minimum atomic E-state index is -0.0909. The lowest BCUT2D eigenvalue weighted by atomic mass is 9.93. The van der Waals surface area contributed by atoms with Crippen LogP contribution >= 0.6 is 23.2 Å². The van der Waals surface area contributed by atoms with E-state index in [1.165, 1.54) is 11.1 Å². The molecule has 0 atom stereocenters. The summed E-state index contributed by atoms with van der Waals surface area (Å²) >= 11 is 13.3. The third-order valence-corrected chi connectivity index (χ3v) is 11.2. The second-order valence-electron chi connectivity index (χ2n) is 13.7. The molecule has 1 aliphatic heterocycles. The Balaban J connectivity index is 1.12. The van der Waals surface area contributed by atoms with E-state index >= 15 is 0 Å². The van der Waals surface area contributed by atoms with E-state index in [9.17, 15) is 4.79 Å². The highest BCUT2D eigenvalue weighted by Gasteiger charge is 2.31. The molecular weight excluding hydrogens is 677 g/mol. The number of halogens is 2. The van der Waals surface area contributed by atoms with Crippen molar-refractivity contribution in [3.05, 3.63) is 133 Å². The van der Waals surface area contributed by atoms with Crippen LogP contribution in [0.25, 0.3) is 16.7 Å². The molecule has 262 valence electrons. The fourth-order valence-corrected chi connectivity index (χ4v) is 7.96. The topological polar surface area (TPSA) is 72.3 Å². The Morgan fingerprint density at radius 2 is 1.71 bits per heavy atom. The smallest absolute Gasteiger partial charge is 0.248 e.